The van der Waals surface area contributed by atoms with Crippen molar-refractivity contribution >= 4 is 23.4 Å². The van der Waals surface area contributed by atoms with Crippen LogP contribution in [-0.4, -0.2) is 37.2 Å². The van der Waals surface area contributed by atoms with Crippen LogP contribution in [0.4, 0.5) is 4.39 Å². The monoisotopic (exact) mass is 460 g/mol. The number of hydrogen-bond donors (Lipinski definition) is 4. The molecular formula is C23H21FN8O2. The summed E-state index contributed by atoms with van der Waals surface area (Å²) in [5.41, 5.74) is 8.13. The quantitative estimate of drug-likeness (QED) is 0.243. The Balaban J connectivity index is 1.49. The van der Waals surface area contributed by atoms with Gasteiger partial charge < -0.3 is 16.4 Å². The van der Waals surface area contributed by atoms with Crippen LogP contribution in [0.3, 0.4) is 0 Å². The molecule has 0 atom stereocenters. The van der Waals surface area contributed by atoms with Crippen molar-refractivity contribution in [3.05, 3.63) is 94.3 Å². The smallest absolute Gasteiger partial charge is 0.270 e. The number of amidine groups is 1. The largest absolute Gasteiger partial charge is 0.384 e. The topological polar surface area (TPSA) is 151 Å². The number of aryl methyl sites for hydroxylation is 1. The predicted octanol–water partition coefficient (Wildman–Crippen LogP) is 1.72. The number of rotatable bonds is 7. The van der Waals surface area contributed by atoms with Gasteiger partial charge in [-0.3, -0.25) is 15.0 Å². The number of nitrogens with two attached hydrogens (primary N) is 1. The van der Waals surface area contributed by atoms with E-state index in [9.17, 15) is 14.0 Å². The average Bonchev–Trinajstić information content (AvgIpc) is 3.31. The van der Waals surface area contributed by atoms with E-state index in [2.05, 4.69) is 25.7 Å². The first kappa shape index (κ1) is 22.5. The Morgan fingerprint density at radius 3 is 2.41 bits per heavy atom. The van der Waals surface area contributed by atoms with Gasteiger partial charge >= 0.3 is 0 Å². The third kappa shape index (κ3) is 4.88. The fourth-order valence-electron chi connectivity index (χ4n) is 3.26. The van der Waals surface area contributed by atoms with E-state index >= 15 is 0 Å². The zero-order chi connectivity index (χ0) is 24.2. The highest BCUT2D eigenvalue weighted by Crippen LogP contribution is 2.11. The number of nitrogens with zero attached hydrogens (tertiary/aromatic N) is 4. The number of aromatic nitrogens is 4. The second-order valence-corrected chi connectivity index (χ2v) is 7.56. The summed E-state index contributed by atoms with van der Waals surface area (Å²) in [4.78, 5) is 33.8. The number of carbonyl (C=O) groups is 2. The van der Waals surface area contributed by atoms with Crippen molar-refractivity contribution < 1.29 is 14.0 Å². The highest BCUT2D eigenvalue weighted by molar-refractivity contribution is 5.98. The molecule has 11 heteroatoms. The number of hydrogen-bond acceptors (Lipinski definition) is 6. The third-order valence-electron chi connectivity index (χ3n) is 5.11. The number of carbonyl (C=O) groups excluding carboxylic acids is 2. The van der Waals surface area contributed by atoms with Gasteiger partial charge in [-0.1, -0.05) is 36.4 Å². The molecule has 4 rings (SSSR count). The van der Waals surface area contributed by atoms with Crippen molar-refractivity contribution in [2.45, 2.75) is 20.0 Å². The van der Waals surface area contributed by atoms with Crippen molar-refractivity contribution in [1.82, 2.24) is 30.2 Å². The van der Waals surface area contributed by atoms with Crippen LogP contribution in [0.25, 0.3) is 5.78 Å². The van der Waals surface area contributed by atoms with Crippen LogP contribution in [0.2, 0.25) is 0 Å². The van der Waals surface area contributed by atoms with Gasteiger partial charge in [-0.15, -0.1) is 0 Å². The molecule has 172 valence electrons. The number of nitrogen functional groups attached to an aromatic ring is 1. The Kier molecular flexibility index (Phi) is 6.26. The van der Waals surface area contributed by atoms with Gasteiger partial charge in [0, 0.05) is 24.7 Å². The van der Waals surface area contributed by atoms with Gasteiger partial charge in [0.25, 0.3) is 17.6 Å². The molecule has 0 radical (unpaired) electrons. The zero-order valence-electron chi connectivity index (χ0n) is 18.2. The maximum Gasteiger partial charge on any atom is 0.270 e. The molecule has 0 aliphatic rings. The summed E-state index contributed by atoms with van der Waals surface area (Å²) in [7, 11) is 0. The molecule has 0 unspecified atom stereocenters. The minimum absolute atomic E-state index is 0.00436. The lowest BCUT2D eigenvalue weighted by molar-refractivity contribution is 0.0942. The number of benzene rings is 2. The summed E-state index contributed by atoms with van der Waals surface area (Å²) in [6.07, 6.45) is 1.24. The summed E-state index contributed by atoms with van der Waals surface area (Å²) in [6.45, 7) is 2.02. The minimum atomic E-state index is -0.513. The average molecular weight is 460 g/mol. The van der Waals surface area contributed by atoms with Gasteiger partial charge in [-0.05, 0) is 29.7 Å². The molecule has 5 N–H and O–H groups in total. The van der Waals surface area contributed by atoms with Gasteiger partial charge in [0.15, 0.2) is 0 Å². The fourth-order valence-corrected chi connectivity index (χ4v) is 3.26. The van der Waals surface area contributed by atoms with Gasteiger partial charge in [0.1, 0.15) is 29.4 Å². The number of amides is 2. The Bertz CT molecular complexity index is 1400. The van der Waals surface area contributed by atoms with E-state index in [1.165, 1.54) is 23.0 Å². The molecule has 0 saturated carbocycles. The van der Waals surface area contributed by atoms with E-state index in [0.29, 0.717) is 11.1 Å². The van der Waals surface area contributed by atoms with E-state index in [0.717, 1.165) is 11.1 Å². The van der Waals surface area contributed by atoms with Crippen LogP contribution < -0.4 is 16.4 Å². The maximum atomic E-state index is 13.5. The lowest BCUT2D eigenvalue weighted by Gasteiger charge is -2.10. The highest BCUT2D eigenvalue weighted by Gasteiger charge is 2.18. The Morgan fingerprint density at radius 1 is 1.03 bits per heavy atom. The van der Waals surface area contributed by atoms with Crippen LogP contribution in [0, 0.1) is 18.2 Å². The molecule has 2 aromatic carbocycles. The predicted molar refractivity (Wildman–Crippen MR) is 122 cm³/mol. The molecule has 34 heavy (non-hydrogen) atoms. The van der Waals surface area contributed by atoms with E-state index in [4.69, 9.17) is 11.1 Å². The lowest BCUT2D eigenvalue weighted by Crippen LogP contribution is -2.28. The summed E-state index contributed by atoms with van der Waals surface area (Å²) in [5, 5.41) is 16.9. The molecule has 0 fully saturated rings. The Hall–Kier alpha value is -4.67. The molecule has 2 heterocycles. The second-order valence-electron chi connectivity index (χ2n) is 7.56. The van der Waals surface area contributed by atoms with E-state index < -0.39 is 11.8 Å². The van der Waals surface area contributed by atoms with Gasteiger partial charge in [-0.2, -0.15) is 14.6 Å². The summed E-state index contributed by atoms with van der Waals surface area (Å²) in [5.74, 6) is -1.25. The number of nitrogens with one attached hydrogen (secondary N) is 3. The molecule has 2 amide bonds. The second kappa shape index (κ2) is 9.45. The highest BCUT2D eigenvalue weighted by atomic mass is 19.1. The first-order chi connectivity index (χ1) is 16.3. The van der Waals surface area contributed by atoms with Crippen LogP contribution >= 0.6 is 0 Å². The summed E-state index contributed by atoms with van der Waals surface area (Å²) >= 11 is 0. The molecule has 0 aliphatic carbocycles. The first-order valence-corrected chi connectivity index (χ1v) is 10.3. The normalized spacial score (nSPS) is 10.8. The zero-order valence-corrected chi connectivity index (χ0v) is 18.2. The van der Waals surface area contributed by atoms with Crippen molar-refractivity contribution in [3.63, 3.8) is 0 Å². The van der Waals surface area contributed by atoms with Crippen LogP contribution in [0.5, 0.6) is 0 Å². The lowest BCUT2D eigenvalue weighted by atomic mass is 10.1. The van der Waals surface area contributed by atoms with Gasteiger partial charge in [0.05, 0.1) is 0 Å². The van der Waals surface area contributed by atoms with Crippen LogP contribution in [0.1, 0.15) is 43.2 Å². The van der Waals surface area contributed by atoms with Crippen LogP contribution in [-0.2, 0) is 13.1 Å². The fraction of sp³-hybridized carbons (Fsp3) is 0.130. The standard InChI is InChI=1S/C23H21FN8O2/c1-13-8-15(4-7-17(13)24)11-27-21(33)18-9-19(32-23(31-18)29-12-30-32)22(34)28-10-14-2-5-16(6-3-14)20(25)26/h2-9,12H,10-11H2,1H3,(H3,25,26)(H,27,33)(H,28,34). The Labute approximate surface area is 193 Å². The van der Waals surface area contributed by atoms with Crippen molar-refractivity contribution in [2.24, 2.45) is 5.73 Å². The van der Waals surface area contributed by atoms with Crippen molar-refractivity contribution in [3.8, 4) is 0 Å². The third-order valence-corrected chi connectivity index (χ3v) is 5.11. The number of fused-ring (bicyclic) bond motifs is 1. The minimum Gasteiger partial charge on any atom is -0.384 e. The van der Waals surface area contributed by atoms with E-state index in [1.807, 2.05) is 0 Å². The van der Waals surface area contributed by atoms with E-state index in [1.54, 1.807) is 43.3 Å². The molecule has 2 aromatic heterocycles. The molecular weight excluding hydrogens is 439 g/mol. The maximum absolute atomic E-state index is 13.5. The molecule has 10 nitrogen and oxygen atoms in total. The molecule has 0 saturated heterocycles. The molecule has 0 spiro atoms. The molecule has 0 aliphatic heterocycles. The van der Waals surface area contributed by atoms with E-state index in [-0.39, 0.29) is 41.9 Å². The van der Waals surface area contributed by atoms with Gasteiger partial charge in [-0.25, -0.2) is 9.37 Å². The Morgan fingerprint density at radius 2 is 1.71 bits per heavy atom. The summed E-state index contributed by atoms with van der Waals surface area (Å²) in [6, 6.07) is 12.8. The van der Waals surface area contributed by atoms with Crippen molar-refractivity contribution in [2.75, 3.05) is 0 Å². The van der Waals surface area contributed by atoms with Crippen molar-refractivity contribution in [1.29, 1.82) is 5.41 Å². The SMILES string of the molecule is Cc1cc(CNC(=O)c2cc(C(=O)NCc3ccc(C(=N)N)cc3)n3ncnc3n2)ccc1F. The van der Waals surface area contributed by atoms with Crippen LogP contribution in [0.15, 0.2) is 54.9 Å². The van der Waals surface area contributed by atoms with Gasteiger partial charge in [0.2, 0.25) is 0 Å². The molecule has 4 aromatic rings. The molecule has 0 bridgehead atoms. The number of halogens is 1. The first-order valence-electron chi connectivity index (χ1n) is 10.3. The summed E-state index contributed by atoms with van der Waals surface area (Å²) < 4.78 is 14.7.